The molecule has 6 heteroatoms. The monoisotopic (exact) mass is 298 g/mol. The molecule has 0 radical (unpaired) electrons. The van der Waals surface area contributed by atoms with Crippen LogP contribution in [0.15, 0.2) is 28.9 Å². The molecule has 2 rings (SSSR count). The highest BCUT2D eigenvalue weighted by atomic mass is 79.9. The zero-order chi connectivity index (χ0) is 12.4. The van der Waals surface area contributed by atoms with Crippen LogP contribution in [0.3, 0.4) is 0 Å². The van der Waals surface area contributed by atoms with Crippen molar-refractivity contribution in [3.63, 3.8) is 0 Å². The van der Waals surface area contributed by atoms with E-state index in [4.69, 9.17) is 5.73 Å². The van der Waals surface area contributed by atoms with Crippen molar-refractivity contribution in [3.05, 3.63) is 45.9 Å². The van der Waals surface area contributed by atoms with Crippen molar-refractivity contribution in [2.45, 2.75) is 19.5 Å². The van der Waals surface area contributed by atoms with E-state index in [0.717, 1.165) is 4.47 Å². The number of aromatic nitrogens is 3. The predicted octanol–water partition coefficient (Wildman–Crippen LogP) is 2.25. The van der Waals surface area contributed by atoms with E-state index >= 15 is 0 Å². The average Bonchev–Trinajstić information content (AvgIpc) is 2.72. The Labute approximate surface area is 107 Å². The maximum atomic E-state index is 13.5. The Morgan fingerprint density at radius 3 is 2.94 bits per heavy atom. The topological polar surface area (TPSA) is 56.7 Å². The third-order valence-corrected chi connectivity index (χ3v) is 2.86. The van der Waals surface area contributed by atoms with Crippen LogP contribution in [0, 0.1) is 5.82 Å². The van der Waals surface area contributed by atoms with Crippen molar-refractivity contribution in [1.82, 2.24) is 15.0 Å². The molecule has 0 aliphatic rings. The lowest BCUT2D eigenvalue weighted by Crippen LogP contribution is -2.05. The second-order valence-corrected chi connectivity index (χ2v) is 4.78. The SMILES string of the molecule is CC(N)c1cn(Cc2cc(Br)ccc2F)nn1. The predicted molar refractivity (Wildman–Crippen MR) is 65.8 cm³/mol. The third kappa shape index (κ3) is 2.89. The van der Waals surface area contributed by atoms with Gasteiger partial charge in [-0.15, -0.1) is 5.10 Å². The zero-order valence-electron chi connectivity index (χ0n) is 9.27. The number of nitrogens with zero attached hydrogens (tertiary/aromatic N) is 3. The van der Waals surface area contributed by atoms with Gasteiger partial charge in [-0.1, -0.05) is 21.1 Å². The summed E-state index contributed by atoms with van der Waals surface area (Å²) in [5.41, 5.74) is 6.93. The minimum absolute atomic E-state index is 0.170. The fraction of sp³-hybridized carbons (Fsp3) is 0.273. The number of hydrogen-bond donors (Lipinski definition) is 1. The highest BCUT2D eigenvalue weighted by Crippen LogP contribution is 2.16. The third-order valence-electron chi connectivity index (χ3n) is 2.36. The number of rotatable bonds is 3. The van der Waals surface area contributed by atoms with E-state index in [9.17, 15) is 4.39 Å². The van der Waals surface area contributed by atoms with Gasteiger partial charge in [-0.2, -0.15) is 0 Å². The van der Waals surface area contributed by atoms with Crippen LogP contribution in [0.5, 0.6) is 0 Å². The van der Waals surface area contributed by atoms with Gasteiger partial charge in [-0.05, 0) is 25.1 Å². The molecule has 0 saturated heterocycles. The van der Waals surface area contributed by atoms with Crippen LogP contribution in [0.4, 0.5) is 4.39 Å². The number of nitrogens with two attached hydrogens (primary N) is 1. The molecule has 2 N–H and O–H groups in total. The Balaban J connectivity index is 2.22. The van der Waals surface area contributed by atoms with E-state index in [1.54, 1.807) is 23.0 Å². The molecular weight excluding hydrogens is 287 g/mol. The maximum Gasteiger partial charge on any atom is 0.128 e. The van der Waals surface area contributed by atoms with Gasteiger partial charge in [0.05, 0.1) is 18.4 Å². The lowest BCUT2D eigenvalue weighted by Gasteiger charge is -2.03. The van der Waals surface area contributed by atoms with E-state index < -0.39 is 0 Å². The molecule has 0 aliphatic carbocycles. The van der Waals surface area contributed by atoms with Gasteiger partial charge in [0.25, 0.3) is 0 Å². The van der Waals surface area contributed by atoms with Crippen molar-refractivity contribution >= 4 is 15.9 Å². The zero-order valence-corrected chi connectivity index (χ0v) is 10.9. The van der Waals surface area contributed by atoms with Gasteiger partial charge in [-0.3, -0.25) is 0 Å². The summed E-state index contributed by atoms with van der Waals surface area (Å²) in [6, 6.07) is 4.63. The molecule has 1 aromatic heterocycles. The number of benzene rings is 1. The molecule has 90 valence electrons. The summed E-state index contributed by atoms with van der Waals surface area (Å²) in [5, 5.41) is 7.83. The first kappa shape index (κ1) is 12.2. The smallest absolute Gasteiger partial charge is 0.128 e. The standard InChI is InChI=1S/C11H12BrFN4/c1-7(14)11-6-17(16-15-11)5-8-4-9(12)2-3-10(8)13/h2-4,6-7H,5,14H2,1H3. The number of halogens is 2. The average molecular weight is 299 g/mol. The van der Waals surface area contributed by atoms with Gasteiger partial charge < -0.3 is 5.73 Å². The Hall–Kier alpha value is -1.27. The summed E-state index contributed by atoms with van der Waals surface area (Å²) in [6.07, 6.45) is 1.73. The van der Waals surface area contributed by atoms with Crippen LogP contribution < -0.4 is 5.73 Å². The van der Waals surface area contributed by atoms with Crippen molar-refractivity contribution < 1.29 is 4.39 Å². The van der Waals surface area contributed by atoms with E-state index in [1.165, 1.54) is 6.07 Å². The Morgan fingerprint density at radius 1 is 1.53 bits per heavy atom. The molecule has 0 saturated carbocycles. The van der Waals surface area contributed by atoms with Gasteiger partial charge >= 0.3 is 0 Å². The molecular formula is C11H12BrFN4. The van der Waals surface area contributed by atoms with Gasteiger partial charge in [-0.25, -0.2) is 9.07 Å². The van der Waals surface area contributed by atoms with Crippen LogP contribution in [0.25, 0.3) is 0 Å². The Morgan fingerprint density at radius 2 is 2.29 bits per heavy atom. The quantitative estimate of drug-likeness (QED) is 0.945. The lowest BCUT2D eigenvalue weighted by molar-refractivity contribution is 0.576. The molecule has 0 aliphatic heterocycles. The van der Waals surface area contributed by atoms with Crippen molar-refractivity contribution in [2.75, 3.05) is 0 Å². The summed E-state index contributed by atoms with van der Waals surface area (Å²) in [6.45, 7) is 2.17. The van der Waals surface area contributed by atoms with Crippen LogP contribution >= 0.6 is 15.9 Å². The van der Waals surface area contributed by atoms with Gasteiger partial charge in [0.1, 0.15) is 5.82 Å². The molecule has 1 aromatic carbocycles. The molecule has 0 spiro atoms. The first-order chi connectivity index (χ1) is 8.06. The van der Waals surface area contributed by atoms with E-state index in [0.29, 0.717) is 17.8 Å². The second-order valence-electron chi connectivity index (χ2n) is 3.87. The van der Waals surface area contributed by atoms with Gasteiger partial charge in [0, 0.05) is 16.1 Å². The molecule has 0 bridgehead atoms. The molecule has 1 unspecified atom stereocenters. The molecule has 4 nitrogen and oxygen atoms in total. The van der Waals surface area contributed by atoms with Crippen molar-refractivity contribution in [1.29, 1.82) is 0 Å². The Bertz CT molecular complexity index is 524. The minimum Gasteiger partial charge on any atom is -0.323 e. The molecule has 1 atom stereocenters. The number of hydrogen-bond acceptors (Lipinski definition) is 3. The van der Waals surface area contributed by atoms with Crippen molar-refractivity contribution in [2.24, 2.45) is 5.73 Å². The van der Waals surface area contributed by atoms with E-state index in [1.807, 2.05) is 6.92 Å². The summed E-state index contributed by atoms with van der Waals surface area (Å²) >= 11 is 3.31. The summed E-state index contributed by atoms with van der Waals surface area (Å²) in [5.74, 6) is -0.258. The van der Waals surface area contributed by atoms with E-state index in [2.05, 4.69) is 26.2 Å². The Kier molecular flexibility index (Phi) is 3.54. The fourth-order valence-corrected chi connectivity index (χ4v) is 1.85. The van der Waals surface area contributed by atoms with Gasteiger partial charge in [0.2, 0.25) is 0 Å². The van der Waals surface area contributed by atoms with Crippen molar-refractivity contribution in [3.8, 4) is 0 Å². The van der Waals surface area contributed by atoms with Crippen LogP contribution in [0.1, 0.15) is 24.2 Å². The summed E-state index contributed by atoms with van der Waals surface area (Å²) in [4.78, 5) is 0. The van der Waals surface area contributed by atoms with Crippen LogP contribution in [-0.4, -0.2) is 15.0 Å². The lowest BCUT2D eigenvalue weighted by atomic mass is 10.2. The second kappa shape index (κ2) is 4.93. The minimum atomic E-state index is -0.258. The first-order valence-corrected chi connectivity index (χ1v) is 5.95. The molecule has 0 amide bonds. The normalized spacial score (nSPS) is 12.7. The fourth-order valence-electron chi connectivity index (χ4n) is 1.44. The molecule has 1 heterocycles. The molecule has 17 heavy (non-hydrogen) atoms. The highest BCUT2D eigenvalue weighted by Gasteiger charge is 2.08. The molecule has 2 aromatic rings. The van der Waals surface area contributed by atoms with Gasteiger partial charge in [0.15, 0.2) is 0 Å². The summed E-state index contributed by atoms with van der Waals surface area (Å²) < 4.78 is 15.9. The highest BCUT2D eigenvalue weighted by molar-refractivity contribution is 9.10. The summed E-state index contributed by atoms with van der Waals surface area (Å²) in [7, 11) is 0. The van der Waals surface area contributed by atoms with E-state index in [-0.39, 0.29) is 11.9 Å². The molecule has 0 fully saturated rings. The van der Waals surface area contributed by atoms with Crippen LogP contribution in [0.2, 0.25) is 0 Å². The maximum absolute atomic E-state index is 13.5. The van der Waals surface area contributed by atoms with Crippen LogP contribution in [-0.2, 0) is 6.54 Å². The largest absolute Gasteiger partial charge is 0.323 e. The first-order valence-electron chi connectivity index (χ1n) is 5.16.